The number of nitrogens with one attached hydrogen (secondary N) is 1. The number of hydrogen-bond donors (Lipinski definition) is 1. The summed E-state index contributed by atoms with van der Waals surface area (Å²) in [4.78, 5) is 12.0. The van der Waals surface area contributed by atoms with Crippen molar-refractivity contribution in [2.75, 3.05) is 13.2 Å². The minimum absolute atomic E-state index is 0.0151. The Morgan fingerprint density at radius 2 is 2.58 bits per heavy atom. The van der Waals surface area contributed by atoms with E-state index in [-0.39, 0.29) is 11.9 Å². The van der Waals surface area contributed by atoms with E-state index >= 15 is 0 Å². The summed E-state index contributed by atoms with van der Waals surface area (Å²) in [5.74, 6) is -0.125. The molecular formula is C8H13NO2S. The molecule has 1 saturated heterocycles. The van der Waals surface area contributed by atoms with Gasteiger partial charge in [-0.15, -0.1) is 0 Å². The van der Waals surface area contributed by atoms with Crippen LogP contribution in [-0.4, -0.2) is 24.1 Å². The first-order chi connectivity index (χ1) is 5.74. The number of piperidine rings is 1. The lowest BCUT2D eigenvalue weighted by atomic mass is 9.98. The van der Waals surface area contributed by atoms with Crippen LogP contribution in [0.3, 0.4) is 0 Å². The molecule has 1 rings (SSSR count). The molecule has 1 atom stereocenters. The highest BCUT2D eigenvalue weighted by atomic mass is 32.1. The molecule has 0 radical (unpaired) electrons. The van der Waals surface area contributed by atoms with Crippen LogP contribution in [0.15, 0.2) is 0 Å². The van der Waals surface area contributed by atoms with Gasteiger partial charge in [0.25, 0.3) is 0 Å². The van der Waals surface area contributed by atoms with E-state index in [9.17, 15) is 4.79 Å². The summed E-state index contributed by atoms with van der Waals surface area (Å²) in [6.07, 6.45) is 1.48. The molecule has 0 spiro atoms. The number of thiocarbonyl (C=S) groups is 1. The predicted octanol–water partition coefficient (Wildman–Crippen LogP) is 0.876. The van der Waals surface area contributed by atoms with Crippen LogP contribution in [-0.2, 0) is 9.53 Å². The Labute approximate surface area is 77.5 Å². The summed E-state index contributed by atoms with van der Waals surface area (Å²) in [7, 11) is 0. The van der Waals surface area contributed by atoms with E-state index in [2.05, 4.69) is 5.32 Å². The molecule has 1 N–H and O–H groups in total. The third kappa shape index (κ3) is 2.44. The maximum absolute atomic E-state index is 11.2. The molecule has 12 heavy (non-hydrogen) atoms. The molecule has 0 aromatic heterocycles. The highest BCUT2D eigenvalue weighted by molar-refractivity contribution is 7.80. The zero-order valence-electron chi connectivity index (χ0n) is 7.13. The van der Waals surface area contributed by atoms with Gasteiger partial charge in [-0.05, 0) is 13.3 Å². The van der Waals surface area contributed by atoms with Crippen LogP contribution in [0.5, 0.6) is 0 Å². The van der Waals surface area contributed by atoms with E-state index in [0.717, 1.165) is 18.0 Å². The van der Waals surface area contributed by atoms with Gasteiger partial charge in [0.2, 0.25) is 0 Å². The van der Waals surface area contributed by atoms with Gasteiger partial charge in [-0.1, -0.05) is 12.2 Å². The van der Waals surface area contributed by atoms with Crippen molar-refractivity contribution >= 4 is 23.2 Å². The number of rotatable bonds is 2. The van der Waals surface area contributed by atoms with Crippen molar-refractivity contribution in [1.82, 2.24) is 5.32 Å². The van der Waals surface area contributed by atoms with Crippen LogP contribution in [0.1, 0.15) is 19.8 Å². The summed E-state index contributed by atoms with van der Waals surface area (Å²) in [6, 6.07) is 0. The van der Waals surface area contributed by atoms with E-state index < -0.39 is 0 Å². The lowest BCUT2D eigenvalue weighted by Gasteiger charge is -2.21. The molecular weight excluding hydrogens is 174 g/mol. The van der Waals surface area contributed by atoms with Crippen molar-refractivity contribution in [1.29, 1.82) is 0 Å². The molecule has 1 aliphatic rings. The number of carbonyl (C=O) groups is 1. The van der Waals surface area contributed by atoms with Crippen LogP contribution in [0.2, 0.25) is 0 Å². The van der Waals surface area contributed by atoms with Crippen LogP contribution in [0, 0.1) is 5.92 Å². The Balaban J connectivity index is 2.40. The Bertz CT molecular complexity index is 193. The number of esters is 1. The average molecular weight is 187 g/mol. The normalized spacial score (nSPS) is 23.1. The maximum Gasteiger partial charge on any atom is 0.309 e. The van der Waals surface area contributed by atoms with Crippen LogP contribution < -0.4 is 5.32 Å². The first-order valence-electron chi connectivity index (χ1n) is 4.17. The largest absolute Gasteiger partial charge is 0.466 e. The Morgan fingerprint density at radius 1 is 1.83 bits per heavy atom. The molecule has 0 saturated carbocycles. The molecule has 0 aromatic rings. The van der Waals surface area contributed by atoms with Crippen molar-refractivity contribution in [3.8, 4) is 0 Å². The van der Waals surface area contributed by atoms with E-state index in [1.54, 1.807) is 0 Å². The Kier molecular flexibility index (Phi) is 3.47. The molecule has 1 aliphatic heterocycles. The van der Waals surface area contributed by atoms with Gasteiger partial charge in [0, 0.05) is 13.0 Å². The van der Waals surface area contributed by atoms with Gasteiger partial charge < -0.3 is 10.1 Å². The molecule has 0 aromatic carbocycles. The molecule has 0 amide bonds. The summed E-state index contributed by atoms with van der Waals surface area (Å²) >= 11 is 4.97. The van der Waals surface area contributed by atoms with Crippen LogP contribution >= 0.6 is 12.2 Å². The second-order valence-electron chi connectivity index (χ2n) is 2.79. The monoisotopic (exact) mass is 187 g/mol. The smallest absolute Gasteiger partial charge is 0.309 e. The topological polar surface area (TPSA) is 38.3 Å². The van der Waals surface area contributed by atoms with Gasteiger partial charge in [-0.3, -0.25) is 4.79 Å². The summed E-state index contributed by atoms with van der Waals surface area (Å²) in [5, 5.41) is 3.03. The zero-order valence-corrected chi connectivity index (χ0v) is 7.95. The summed E-state index contributed by atoms with van der Waals surface area (Å²) in [6.45, 7) is 3.06. The van der Waals surface area contributed by atoms with Crippen molar-refractivity contribution in [3.05, 3.63) is 0 Å². The number of ether oxygens (including phenoxy) is 1. The molecule has 0 bridgehead atoms. The Hall–Kier alpha value is -0.640. The average Bonchev–Trinajstić information content (AvgIpc) is 2.05. The van der Waals surface area contributed by atoms with Gasteiger partial charge in [0.15, 0.2) is 0 Å². The fourth-order valence-electron chi connectivity index (χ4n) is 1.25. The third-order valence-electron chi connectivity index (χ3n) is 1.87. The van der Waals surface area contributed by atoms with E-state index in [4.69, 9.17) is 17.0 Å². The fourth-order valence-corrected chi connectivity index (χ4v) is 1.55. The van der Waals surface area contributed by atoms with E-state index in [1.165, 1.54) is 0 Å². The van der Waals surface area contributed by atoms with Gasteiger partial charge >= 0.3 is 5.97 Å². The first kappa shape index (κ1) is 9.45. The molecule has 1 unspecified atom stereocenters. The summed E-state index contributed by atoms with van der Waals surface area (Å²) in [5.41, 5.74) is 0. The quantitative estimate of drug-likeness (QED) is 0.514. The molecule has 4 heteroatoms. The second kappa shape index (κ2) is 4.40. The van der Waals surface area contributed by atoms with Crippen LogP contribution in [0.25, 0.3) is 0 Å². The molecule has 1 fully saturated rings. The predicted molar refractivity (Wildman–Crippen MR) is 50.0 cm³/mol. The fraction of sp³-hybridized carbons (Fsp3) is 0.750. The minimum Gasteiger partial charge on any atom is -0.466 e. The standard InChI is InChI=1S/C8H13NO2S/c1-2-11-8(10)6-3-4-9-7(12)5-6/h6H,2-5H2,1H3,(H,9,12). The maximum atomic E-state index is 11.2. The molecule has 3 nitrogen and oxygen atoms in total. The molecule has 68 valence electrons. The van der Waals surface area contributed by atoms with Gasteiger partial charge in [-0.25, -0.2) is 0 Å². The molecule has 1 heterocycles. The zero-order chi connectivity index (χ0) is 8.97. The van der Waals surface area contributed by atoms with Gasteiger partial charge in [-0.2, -0.15) is 0 Å². The van der Waals surface area contributed by atoms with Crippen molar-refractivity contribution in [2.24, 2.45) is 5.92 Å². The highest BCUT2D eigenvalue weighted by Gasteiger charge is 2.24. The van der Waals surface area contributed by atoms with Crippen molar-refractivity contribution < 1.29 is 9.53 Å². The first-order valence-corrected chi connectivity index (χ1v) is 4.58. The minimum atomic E-state index is -0.110. The van der Waals surface area contributed by atoms with Crippen molar-refractivity contribution in [2.45, 2.75) is 19.8 Å². The van der Waals surface area contributed by atoms with Gasteiger partial charge in [0.05, 0.1) is 17.5 Å². The highest BCUT2D eigenvalue weighted by Crippen LogP contribution is 2.14. The second-order valence-corrected chi connectivity index (χ2v) is 3.28. The Morgan fingerprint density at radius 3 is 3.17 bits per heavy atom. The van der Waals surface area contributed by atoms with E-state index in [0.29, 0.717) is 13.0 Å². The lowest BCUT2D eigenvalue weighted by Crippen LogP contribution is -2.36. The van der Waals surface area contributed by atoms with Gasteiger partial charge in [0.1, 0.15) is 0 Å². The third-order valence-corrected chi connectivity index (χ3v) is 2.18. The molecule has 0 aliphatic carbocycles. The van der Waals surface area contributed by atoms with Crippen molar-refractivity contribution in [3.63, 3.8) is 0 Å². The number of carbonyl (C=O) groups excluding carboxylic acids is 1. The van der Waals surface area contributed by atoms with Crippen LogP contribution in [0.4, 0.5) is 0 Å². The number of hydrogen-bond acceptors (Lipinski definition) is 3. The van der Waals surface area contributed by atoms with E-state index in [1.807, 2.05) is 6.92 Å². The lowest BCUT2D eigenvalue weighted by molar-refractivity contribution is -0.148. The SMILES string of the molecule is CCOC(=O)C1CCNC(=S)C1. The summed E-state index contributed by atoms with van der Waals surface area (Å²) < 4.78 is 4.90.